The van der Waals surface area contributed by atoms with Crippen molar-refractivity contribution >= 4 is 58.6 Å². The zero-order chi connectivity index (χ0) is 7.66. The molecule has 0 bridgehead atoms. The van der Waals surface area contributed by atoms with Gasteiger partial charge < -0.3 is 24.8 Å². The maximum Gasteiger partial charge on any atom is 4.00 e. The number of halogens is 2. The van der Waals surface area contributed by atoms with Gasteiger partial charge in [0.2, 0.25) is 0 Å². The van der Waals surface area contributed by atoms with E-state index in [-0.39, 0.29) is 51.0 Å². The minimum Gasteiger partial charge on any atom is -1.00 e. The van der Waals surface area contributed by atoms with Gasteiger partial charge in [0.05, 0.1) is 0 Å². The van der Waals surface area contributed by atoms with Crippen LogP contribution in [0.5, 0.6) is 0 Å². The summed E-state index contributed by atoms with van der Waals surface area (Å²) in [5, 5.41) is 0. The first-order chi connectivity index (χ1) is 4.91. The van der Waals surface area contributed by atoms with Crippen molar-refractivity contribution in [2.75, 3.05) is 0 Å². The van der Waals surface area contributed by atoms with Crippen molar-refractivity contribution < 1.29 is 51.0 Å². The minimum atomic E-state index is -0.437. The van der Waals surface area contributed by atoms with Crippen molar-refractivity contribution in [2.45, 2.75) is 0 Å². The summed E-state index contributed by atoms with van der Waals surface area (Å²) in [6.45, 7) is 4.70. The molecule has 0 aliphatic carbocycles. The average Bonchev–Trinajstić information content (AvgIpc) is 2.44. The smallest absolute Gasteiger partial charge is 1.00 e. The maximum atomic E-state index is 4.70. The van der Waals surface area contributed by atoms with Crippen LogP contribution in [0, 0.1) is 0 Å². The van der Waals surface area contributed by atoms with Crippen LogP contribution in [0.4, 0.5) is 0 Å². The Kier molecular flexibility index (Phi) is 44.3. The fourth-order valence-electron chi connectivity index (χ4n) is 0.229. The summed E-state index contributed by atoms with van der Waals surface area (Å²) in [5.41, 5.74) is 0. The Bertz CT molecular complexity index is 161. The second kappa shape index (κ2) is 23.7. The SMILES string of the molecule is [C-]1=NC=[CH][BiH]1.[CH-]=NC=[CH][BiH].[Cl-].[Cl-].[Zr+4]. The summed E-state index contributed by atoms with van der Waals surface area (Å²) in [6.07, 6.45) is 3.43. The Labute approximate surface area is 137 Å². The van der Waals surface area contributed by atoms with Crippen molar-refractivity contribution in [2.24, 2.45) is 9.98 Å². The Morgan fingerprint density at radius 2 is 2.15 bits per heavy atom. The third-order valence-electron chi connectivity index (χ3n) is 0.522. The molecule has 1 aliphatic rings. The fourth-order valence-corrected chi connectivity index (χ4v) is 2.01. The number of hydrogen-bond donors (Lipinski definition) is 0. The van der Waals surface area contributed by atoms with Crippen LogP contribution in [0.3, 0.4) is 0 Å². The topological polar surface area (TPSA) is 24.7 Å². The molecule has 1 aliphatic heterocycles. The molecule has 1 rings (SSSR count). The van der Waals surface area contributed by atoms with E-state index in [9.17, 15) is 0 Å². The molecule has 1 radical (unpaired) electrons. The molecule has 0 N–H and O–H groups in total. The zero-order valence-electron chi connectivity index (χ0n) is 6.54. The first-order valence-electron chi connectivity index (χ1n) is 2.49. The van der Waals surface area contributed by atoms with E-state index in [0.717, 1.165) is 24.7 Å². The predicted molar refractivity (Wildman–Crippen MR) is 48.5 cm³/mol. The molecule has 0 spiro atoms. The minimum absolute atomic E-state index is 0. The van der Waals surface area contributed by atoms with Gasteiger partial charge >= 0.3 is 115 Å². The molecule has 0 aromatic rings. The summed E-state index contributed by atoms with van der Waals surface area (Å²) in [5.74, 6) is 0. The number of nitrogens with zero attached hydrogens (tertiary/aromatic N) is 2. The van der Waals surface area contributed by atoms with Crippen molar-refractivity contribution in [3.8, 4) is 0 Å². The summed E-state index contributed by atoms with van der Waals surface area (Å²) >= 11 is 0.608. The molecule has 0 saturated carbocycles. The molecule has 69 valence electrons. The Hall–Kier alpha value is 2.05. The van der Waals surface area contributed by atoms with Crippen molar-refractivity contribution in [3.63, 3.8) is 0 Å². The van der Waals surface area contributed by atoms with Gasteiger partial charge in [0.15, 0.2) is 0 Å². The van der Waals surface area contributed by atoms with Gasteiger partial charge in [-0.15, -0.1) is 0 Å². The average molecular weight is 687 g/mol. The Morgan fingerprint density at radius 3 is 2.23 bits per heavy atom. The van der Waals surface area contributed by atoms with Crippen LogP contribution < -0.4 is 24.8 Å². The Morgan fingerprint density at radius 1 is 1.54 bits per heavy atom. The van der Waals surface area contributed by atoms with E-state index in [1.165, 1.54) is 0 Å². The largest absolute Gasteiger partial charge is 4.00 e. The molecule has 0 saturated heterocycles. The molecule has 0 fully saturated rings. The van der Waals surface area contributed by atoms with Crippen molar-refractivity contribution in [3.05, 3.63) is 20.0 Å². The van der Waals surface area contributed by atoms with Crippen LogP contribution in [0.15, 0.2) is 30.0 Å². The molecular formula is C6H7Bi2Cl2N2Zr. The van der Waals surface area contributed by atoms with Crippen LogP contribution in [-0.4, -0.2) is 58.6 Å². The predicted octanol–water partition coefficient (Wildman–Crippen LogP) is -6.25. The fraction of sp³-hybridized carbons (Fsp3) is 0. The molecule has 0 aromatic carbocycles. The summed E-state index contributed by atoms with van der Waals surface area (Å²) in [6, 6.07) is 0. The normalized spacial score (nSPS) is 10.2. The van der Waals surface area contributed by atoms with Crippen molar-refractivity contribution in [1.29, 1.82) is 0 Å². The standard InChI is InChI=1S/C3H3N.C3H2N.2Bi.2ClH.Zr.2H/c2*1-3-4-2;;;;;;;/h1-3H;1,3H;;;2*1H;;;/q2*-1;;;;;+4;;/p-2. The van der Waals surface area contributed by atoms with E-state index in [2.05, 4.69) is 17.7 Å². The molecular weight excluding hydrogens is 680 g/mol. The summed E-state index contributed by atoms with van der Waals surface area (Å²) in [7, 11) is 0. The first kappa shape index (κ1) is 24.3. The number of hydrogen-bond acceptors (Lipinski definition) is 2. The van der Waals surface area contributed by atoms with Crippen molar-refractivity contribution in [1.82, 2.24) is 0 Å². The third-order valence-corrected chi connectivity index (χ3v) is 3.33. The van der Waals surface area contributed by atoms with E-state index in [0.29, 0.717) is 0 Å². The molecule has 1 heterocycles. The van der Waals surface area contributed by atoms with Gasteiger partial charge in [0.1, 0.15) is 0 Å². The van der Waals surface area contributed by atoms with Gasteiger partial charge in [-0.2, -0.15) is 0 Å². The molecule has 2 nitrogen and oxygen atoms in total. The molecule has 0 unspecified atom stereocenters. The van der Waals surface area contributed by atoms with Gasteiger partial charge in [0, 0.05) is 0 Å². The summed E-state index contributed by atoms with van der Waals surface area (Å²) < 4.78 is 6.99. The monoisotopic (exact) mass is 685 g/mol. The van der Waals surface area contributed by atoms with E-state index >= 15 is 0 Å². The van der Waals surface area contributed by atoms with Crippen LogP contribution >= 0.6 is 0 Å². The van der Waals surface area contributed by atoms with E-state index in [4.69, 9.17) is 6.72 Å². The molecule has 0 amide bonds. The second-order valence-electron chi connectivity index (χ2n) is 1.17. The zero-order valence-corrected chi connectivity index (χ0v) is 18.3. The van der Waals surface area contributed by atoms with E-state index in [1.54, 1.807) is 6.20 Å². The van der Waals surface area contributed by atoms with Gasteiger partial charge in [-0.05, 0) is 0 Å². The van der Waals surface area contributed by atoms with Gasteiger partial charge in [0.25, 0.3) is 0 Å². The molecule has 0 atom stereocenters. The molecule has 7 heteroatoms. The van der Waals surface area contributed by atoms with E-state index < -0.39 is 23.2 Å². The second-order valence-corrected chi connectivity index (χ2v) is 5.75. The first-order valence-corrected chi connectivity index (χ1v) is 8.92. The molecule has 13 heavy (non-hydrogen) atoms. The number of rotatable bonds is 1. The maximum absolute atomic E-state index is 4.70. The number of aliphatic imine (C=N–C) groups is 2. The van der Waals surface area contributed by atoms with Gasteiger partial charge in [-0.3, -0.25) is 0 Å². The van der Waals surface area contributed by atoms with Crippen LogP contribution in [0.2, 0.25) is 0 Å². The molecule has 0 aromatic heterocycles. The third kappa shape index (κ3) is 24.9. The van der Waals surface area contributed by atoms with Crippen LogP contribution in [0.1, 0.15) is 0 Å². The van der Waals surface area contributed by atoms with Gasteiger partial charge in [-0.1, -0.05) is 0 Å². The quantitative estimate of drug-likeness (QED) is 0.149. The van der Waals surface area contributed by atoms with E-state index in [1.807, 2.05) is 9.98 Å². The van der Waals surface area contributed by atoms with Crippen LogP contribution in [0.25, 0.3) is 0 Å². The Balaban J connectivity index is -0.0000000506. The summed E-state index contributed by atoms with van der Waals surface area (Å²) in [4.78, 5) is 6.95. The van der Waals surface area contributed by atoms with Gasteiger partial charge in [-0.25, -0.2) is 0 Å². The van der Waals surface area contributed by atoms with Crippen LogP contribution in [-0.2, 0) is 26.2 Å².